The van der Waals surface area contributed by atoms with Gasteiger partial charge in [-0.1, -0.05) is 0 Å². The van der Waals surface area contributed by atoms with Crippen LogP contribution in [-0.2, 0) is 0 Å². The van der Waals surface area contributed by atoms with Gasteiger partial charge in [0, 0.05) is 0 Å². The Kier molecular flexibility index (Phi) is 160. The fourth-order valence-corrected chi connectivity index (χ4v) is 0. The summed E-state index contributed by atoms with van der Waals surface area (Å²) in [5, 5.41) is 0. The summed E-state index contributed by atoms with van der Waals surface area (Å²) in [5.74, 6) is 0. The standard InChI is InChI=1S/Ce.3ClH/h;3*1H/q+3;;;/p-3/i1+1;;;. The van der Waals surface area contributed by atoms with Crippen molar-refractivity contribution < 1.29 is 79.0 Å². The second-order valence-electron chi connectivity index (χ2n) is 0. The summed E-state index contributed by atoms with van der Waals surface area (Å²) in [7, 11) is 0. The molecule has 0 N–H and O–H groups in total. The van der Waals surface area contributed by atoms with Crippen molar-refractivity contribution in [2.75, 3.05) is 0 Å². The average Bonchev–Trinajstić information content (AvgIpc) is 0. The number of halogens is 3. The molecule has 0 nitrogen and oxygen atoms in total. The van der Waals surface area contributed by atoms with Crippen LogP contribution in [0, 0.1) is 41.7 Å². The van der Waals surface area contributed by atoms with Crippen molar-refractivity contribution in [1.82, 2.24) is 0 Å². The smallest absolute Gasteiger partial charge is 1.00 e. The van der Waals surface area contributed by atoms with E-state index in [2.05, 4.69) is 0 Å². The fraction of sp³-hybridized carbons (Fsp3) is 0. The summed E-state index contributed by atoms with van der Waals surface area (Å²) >= 11 is 0. The van der Waals surface area contributed by atoms with Crippen molar-refractivity contribution in [3.05, 3.63) is 0 Å². The van der Waals surface area contributed by atoms with Gasteiger partial charge in [-0.25, -0.2) is 0 Å². The van der Waals surface area contributed by atoms with Gasteiger partial charge in [0.25, 0.3) is 0 Å². The minimum atomic E-state index is 0. The normalized spacial score (nSPS) is 0. The molecule has 0 aromatic heterocycles. The first kappa shape index (κ1) is 34.1. The third kappa shape index (κ3) is 8.87. The molecule has 0 aliphatic heterocycles. The van der Waals surface area contributed by atoms with Gasteiger partial charge in [-0.05, 0) is 0 Å². The van der Waals surface area contributed by atoms with E-state index < -0.39 is 0 Å². The molecule has 0 saturated carbocycles. The summed E-state index contributed by atoms with van der Waals surface area (Å²) in [6.07, 6.45) is 0. The molecule has 1 radical (unpaired) electrons. The summed E-state index contributed by atoms with van der Waals surface area (Å²) in [6, 6.07) is 0. The van der Waals surface area contributed by atoms with Crippen molar-refractivity contribution >= 4 is 0 Å². The molecule has 0 amide bonds. The molecular formula is CeCl3. The molecule has 0 aromatic rings. The third-order valence-electron chi connectivity index (χ3n) is 0. The minimum absolute atomic E-state index is 0. The monoisotopic (exact) mass is 246 g/mol. The van der Waals surface area contributed by atoms with Gasteiger partial charge in [-0.15, -0.1) is 0 Å². The summed E-state index contributed by atoms with van der Waals surface area (Å²) in [5.41, 5.74) is 0. The molecule has 4 heavy (non-hydrogen) atoms. The van der Waals surface area contributed by atoms with E-state index in [-0.39, 0.29) is 79.0 Å². The van der Waals surface area contributed by atoms with Crippen LogP contribution in [0.5, 0.6) is 0 Å². The van der Waals surface area contributed by atoms with Crippen LogP contribution < -0.4 is 37.2 Å². The van der Waals surface area contributed by atoms with E-state index in [1.807, 2.05) is 0 Å². The summed E-state index contributed by atoms with van der Waals surface area (Å²) < 4.78 is 0. The fourth-order valence-electron chi connectivity index (χ4n) is 0. The molecule has 0 atom stereocenters. The quantitative estimate of drug-likeness (QED) is 0.399. The van der Waals surface area contributed by atoms with Crippen LogP contribution in [0.2, 0.25) is 0 Å². The summed E-state index contributed by atoms with van der Waals surface area (Å²) in [6.45, 7) is 0. The minimum Gasteiger partial charge on any atom is -1.00 e. The molecule has 4 heteroatoms. The molecule has 0 bridgehead atoms. The van der Waals surface area contributed by atoms with Crippen molar-refractivity contribution in [3.8, 4) is 0 Å². The van der Waals surface area contributed by atoms with Crippen molar-refractivity contribution in [2.45, 2.75) is 0 Å². The van der Waals surface area contributed by atoms with Crippen LogP contribution in [0.3, 0.4) is 0 Å². The first-order chi connectivity index (χ1) is 0. The first-order valence-electron chi connectivity index (χ1n) is 0. The predicted octanol–water partition coefficient (Wildman–Crippen LogP) is -8.99. The molecule has 0 aromatic carbocycles. The van der Waals surface area contributed by atoms with Crippen LogP contribution in [-0.4, -0.2) is 0 Å². The maximum Gasteiger partial charge on any atom is 3.00 e. The Morgan fingerprint density at radius 3 is 0.500 bits per heavy atom. The van der Waals surface area contributed by atoms with Crippen LogP contribution in [0.1, 0.15) is 0 Å². The SMILES string of the molecule is [141Ce+3].[Cl-].[Cl-].[Cl-]. The van der Waals surface area contributed by atoms with E-state index in [9.17, 15) is 0 Å². The van der Waals surface area contributed by atoms with Gasteiger partial charge in [0.2, 0.25) is 0 Å². The first-order valence-corrected chi connectivity index (χ1v) is 0. The number of hydrogen-bond donors (Lipinski definition) is 0. The van der Waals surface area contributed by atoms with E-state index in [1.54, 1.807) is 0 Å². The Hall–Kier alpha value is 2.25. The van der Waals surface area contributed by atoms with E-state index in [4.69, 9.17) is 0 Å². The van der Waals surface area contributed by atoms with Gasteiger partial charge in [0.15, 0.2) is 0 Å². The molecule has 0 saturated heterocycles. The van der Waals surface area contributed by atoms with Crippen LogP contribution >= 0.6 is 0 Å². The third-order valence-corrected chi connectivity index (χ3v) is 0. The molecular weight excluding hydrogens is 247 g/mol. The number of hydrogen-bond acceptors (Lipinski definition) is 0. The maximum absolute atomic E-state index is 0. The Bertz CT molecular complexity index is 3.25. The Balaban J connectivity index is 0. The van der Waals surface area contributed by atoms with Gasteiger partial charge in [-0.3, -0.25) is 0 Å². The van der Waals surface area contributed by atoms with Crippen LogP contribution in [0.4, 0.5) is 0 Å². The molecule has 0 rings (SSSR count). The van der Waals surface area contributed by atoms with E-state index in [0.717, 1.165) is 0 Å². The molecule has 0 fully saturated rings. The topological polar surface area (TPSA) is 0 Å². The van der Waals surface area contributed by atoms with Crippen LogP contribution in [0.15, 0.2) is 0 Å². The Morgan fingerprint density at radius 1 is 0.500 bits per heavy atom. The average molecular weight is 247 g/mol. The molecule has 0 spiro atoms. The molecule has 0 aliphatic rings. The predicted molar refractivity (Wildman–Crippen MR) is 0 cm³/mol. The molecule has 25 valence electrons. The zero-order valence-corrected chi connectivity index (χ0v) is 7.04. The maximum atomic E-state index is 0. The van der Waals surface area contributed by atoms with Gasteiger partial charge >= 0.3 is 41.7 Å². The van der Waals surface area contributed by atoms with E-state index >= 15 is 0 Å². The Labute approximate surface area is 77.7 Å². The molecule has 0 heterocycles. The number of rotatable bonds is 0. The molecule has 0 aliphatic carbocycles. The van der Waals surface area contributed by atoms with Gasteiger partial charge in [0.05, 0.1) is 0 Å². The zero-order valence-electron chi connectivity index (χ0n) is 1.63. The largest absolute Gasteiger partial charge is 3.00 e. The second-order valence-corrected chi connectivity index (χ2v) is 0. The van der Waals surface area contributed by atoms with E-state index in [0.29, 0.717) is 0 Å². The second kappa shape index (κ2) is 18.7. The van der Waals surface area contributed by atoms with Gasteiger partial charge in [-0.2, -0.15) is 0 Å². The van der Waals surface area contributed by atoms with Gasteiger partial charge in [0.1, 0.15) is 0 Å². The zero-order chi connectivity index (χ0) is 0. The van der Waals surface area contributed by atoms with Crippen molar-refractivity contribution in [1.29, 1.82) is 0 Å². The van der Waals surface area contributed by atoms with Gasteiger partial charge < -0.3 is 37.2 Å². The van der Waals surface area contributed by atoms with Crippen molar-refractivity contribution in [2.24, 2.45) is 0 Å². The van der Waals surface area contributed by atoms with Crippen LogP contribution in [0.25, 0.3) is 0 Å². The molecule has 0 unspecified atom stereocenters. The Morgan fingerprint density at radius 2 is 0.500 bits per heavy atom. The summed E-state index contributed by atoms with van der Waals surface area (Å²) in [4.78, 5) is 0. The van der Waals surface area contributed by atoms with Crippen molar-refractivity contribution in [3.63, 3.8) is 0 Å². The van der Waals surface area contributed by atoms with E-state index in [1.165, 1.54) is 0 Å².